The van der Waals surface area contributed by atoms with Crippen LogP contribution in [0.5, 0.6) is 5.75 Å². The minimum absolute atomic E-state index is 0.0804. The molecule has 1 N–H and O–H groups in total. The van der Waals surface area contributed by atoms with Crippen LogP contribution in [0.1, 0.15) is 76.0 Å². The second-order valence-corrected chi connectivity index (χ2v) is 13.8. The van der Waals surface area contributed by atoms with E-state index in [0.717, 1.165) is 46.6 Å². The number of halogens is 1. The Labute approximate surface area is 247 Å². The first-order valence-electron chi connectivity index (χ1n) is 14.2. The van der Waals surface area contributed by atoms with Gasteiger partial charge in [0, 0.05) is 54.0 Å². The lowest BCUT2D eigenvalue weighted by Gasteiger charge is -2.47. The van der Waals surface area contributed by atoms with Gasteiger partial charge in [0.05, 0.1) is 5.02 Å². The second kappa shape index (κ2) is 10.5. The van der Waals surface area contributed by atoms with Crippen LogP contribution < -0.4 is 10.1 Å². The topological polar surface area (TPSA) is 75.7 Å². The third-order valence-corrected chi connectivity index (χ3v) is 8.79. The number of hydrogen-bond donors (Lipinski definition) is 1. The van der Waals surface area contributed by atoms with Crippen molar-refractivity contribution in [3.8, 4) is 5.75 Å². The number of anilines is 1. The molecule has 0 aromatic heterocycles. The molecular formula is C34H39ClN2O4. The zero-order valence-electron chi connectivity index (χ0n) is 25.0. The summed E-state index contributed by atoms with van der Waals surface area (Å²) in [5, 5.41) is 3.23. The van der Waals surface area contributed by atoms with Crippen LogP contribution >= 0.6 is 11.6 Å². The number of nitrogens with zero attached hydrogens (tertiary/aromatic N) is 1. The monoisotopic (exact) mass is 574 g/mol. The number of carbonyl (C=O) groups is 3. The standard InChI is InChI=1S/C34H39ClN2O4/c1-19-8-9-20(2)23(12-19)36-29(40)18-41-28-11-10-21(13-22(28)35)30-31-24(14-33(3,4)16-26(31)38)37(7)25-15-34(5,6)17-27(39)32(25)30/h8-13,30H,14-18H2,1-7H3,(H,36,40). The first kappa shape index (κ1) is 29.1. The molecule has 2 aromatic rings. The number of ketones is 2. The fourth-order valence-corrected chi connectivity index (χ4v) is 6.76. The van der Waals surface area contributed by atoms with Crippen molar-refractivity contribution in [2.75, 3.05) is 19.0 Å². The van der Waals surface area contributed by atoms with E-state index < -0.39 is 5.92 Å². The van der Waals surface area contributed by atoms with Gasteiger partial charge in [-0.25, -0.2) is 0 Å². The highest BCUT2D eigenvalue weighted by Gasteiger charge is 2.48. The summed E-state index contributed by atoms with van der Waals surface area (Å²) in [7, 11) is 2.00. The van der Waals surface area contributed by atoms with Gasteiger partial charge in [0.25, 0.3) is 5.91 Å². The smallest absolute Gasteiger partial charge is 0.262 e. The number of amides is 1. The minimum Gasteiger partial charge on any atom is -0.482 e. The highest BCUT2D eigenvalue weighted by atomic mass is 35.5. The van der Waals surface area contributed by atoms with Gasteiger partial charge in [-0.15, -0.1) is 0 Å². The Kier molecular flexibility index (Phi) is 7.44. The van der Waals surface area contributed by atoms with Crippen LogP contribution in [0.15, 0.2) is 58.9 Å². The normalized spacial score (nSPS) is 20.1. The number of Topliss-reactive ketones (excluding diaryl/α,β-unsaturated/α-hetero) is 2. The van der Waals surface area contributed by atoms with E-state index in [1.54, 1.807) is 12.1 Å². The molecule has 2 aromatic carbocycles. The quantitative estimate of drug-likeness (QED) is 0.406. The zero-order chi connectivity index (χ0) is 29.9. The van der Waals surface area contributed by atoms with Crippen LogP contribution in [-0.2, 0) is 14.4 Å². The number of rotatable bonds is 5. The van der Waals surface area contributed by atoms with Crippen molar-refractivity contribution in [1.82, 2.24) is 4.90 Å². The van der Waals surface area contributed by atoms with Gasteiger partial charge in [-0.3, -0.25) is 14.4 Å². The molecule has 0 saturated heterocycles. The summed E-state index contributed by atoms with van der Waals surface area (Å²) in [6.07, 6.45) is 2.39. The Morgan fingerprint density at radius 3 is 2.07 bits per heavy atom. The summed E-state index contributed by atoms with van der Waals surface area (Å²) in [6, 6.07) is 11.3. The molecule has 0 radical (unpaired) electrons. The lowest BCUT2D eigenvalue weighted by atomic mass is 9.64. The van der Waals surface area contributed by atoms with Crippen LogP contribution in [0, 0.1) is 24.7 Å². The largest absolute Gasteiger partial charge is 0.482 e. The van der Waals surface area contributed by atoms with Crippen molar-refractivity contribution in [3.05, 3.63) is 80.7 Å². The van der Waals surface area contributed by atoms with Crippen molar-refractivity contribution in [3.63, 3.8) is 0 Å². The van der Waals surface area contributed by atoms with Crippen LogP contribution in [0.2, 0.25) is 5.02 Å². The summed E-state index contributed by atoms with van der Waals surface area (Å²) in [4.78, 5) is 42.1. The molecule has 5 rings (SSSR count). The molecule has 216 valence electrons. The predicted octanol–water partition coefficient (Wildman–Crippen LogP) is 7.29. The molecule has 2 aliphatic carbocycles. The number of hydrogen-bond acceptors (Lipinski definition) is 5. The molecule has 1 aliphatic heterocycles. The molecule has 0 spiro atoms. The SMILES string of the molecule is Cc1ccc(C)c(NC(=O)COc2ccc(C3C4=C(CC(C)(C)CC4=O)N(C)C4=C3C(=O)CC(C)(C)C4)cc2Cl)c1. The van der Waals surface area contributed by atoms with E-state index in [4.69, 9.17) is 16.3 Å². The Morgan fingerprint density at radius 1 is 0.927 bits per heavy atom. The number of ether oxygens (including phenoxy) is 1. The van der Waals surface area contributed by atoms with E-state index in [0.29, 0.717) is 34.8 Å². The van der Waals surface area contributed by atoms with Crippen LogP contribution in [0.25, 0.3) is 0 Å². The van der Waals surface area contributed by atoms with Crippen LogP contribution in [0.4, 0.5) is 5.69 Å². The van der Waals surface area contributed by atoms with E-state index >= 15 is 0 Å². The highest BCUT2D eigenvalue weighted by molar-refractivity contribution is 6.32. The molecule has 3 aliphatic rings. The van der Waals surface area contributed by atoms with Gasteiger partial charge in [-0.2, -0.15) is 0 Å². The Bertz CT molecular complexity index is 1480. The fourth-order valence-electron chi connectivity index (χ4n) is 6.51. The first-order chi connectivity index (χ1) is 19.2. The molecule has 0 saturated carbocycles. The van der Waals surface area contributed by atoms with Crippen molar-refractivity contribution in [1.29, 1.82) is 0 Å². The Balaban J connectivity index is 1.46. The van der Waals surface area contributed by atoms with Crippen molar-refractivity contribution in [2.24, 2.45) is 10.8 Å². The fraction of sp³-hybridized carbons (Fsp3) is 0.441. The van der Waals surface area contributed by atoms with Gasteiger partial charge < -0.3 is 15.0 Å². The van der Waals surface area contributed by atoms with Gasteiger partial charge >= 0.3 is 0 Å². The molecule has 0 bridgehead atoms. The molecule has 1 amide bonds. The average molecular weight is 575 g/mol. The number of benzene rings is 2. The molecular weight excluding hydrogens is 536 g/mol. The van der Waals surface area contributed by atoms with Gasteiger partial charge in [-0.05, 0) is 72.4 Å². The number of aryl methyl sites for hydroxylation is 2. The summed E-state index contributed by atoms with van der Waals surface area (Å²) in [5.41, 5.74) is 6.64. The maximum atomic E-state index is 13.7. The molecule has 1 heterocycles. The molecule has 6 nitrogen and oxygen atoms in total. The van der Waals surface area contributed by atoms with Crippen LogP contribution in [0.3, 0.4) is 0 Å². The van der Waals surface area contributed by atoms with E-state index in [2.05, 4.69) is 37.9 Å². The summed E-state index contributed by atoms with van der Waals surface area (Å²) in [6.45, 7) is 12.2. The Morgan fingerprint density at radius 2 is 1.51 bits per heavy atom. The molecule has 7 heteroatoms. The van der Waals surface area contributed by atoms with Gasteiger partial charge in [0.15, 0.2) is 18.2 Å². The minimum atomic E-state index is -0.470. The summed E-state index contributed by atoms with van der Waals surface area (Å²) >= 11 is 6.71. The lowest BCUT2D eigenvalue weighted by Crippen LogP contribution is -2.43. The second-order valence-electron chi connectivity index (χ2n) is 13.4. The van der Waals surface area contributed by atoms with E-state index in [1.165, 1.54) is 0 Å². The summed E-state index contributed by atoms with van der Waals surface area (Å²) < 4.78 is 5.80. The molecule has 41 heavy (non-hydrogen) atoms. The van der Waals surface area contributed by atoms with Crippen molar-refractivity contribution >= 4 is 34.8 Å². The number of carbonyl (C=O) groups excluding carboxylic acids is 3. The maximum Gasteiger partial charge on any atom is 0.262 e. The maximum absolute atomic E-state index is 13.7. The van der Waals surface area contributed by atoms with Gasteiger partial charge in [0.1, 0.15) is 5.75 Å². The molecule has 0 fully saturated rings. The van der Waals surface area contributed by atoms with Gasteiger partial charge in [0.2, 0.25) is 0 Å². The predicted molar refractivity (Wildman–Crippen MR) is 162 cm³/mol. The third kappa shape index (κ3) is 5.72. The zero-order valence-corrected chi connectivity index (χ0v) is 25.8. The third-order valence-electron chi connectivity index (χ3n) is 8.50. The van der Waals surface area contributed by atoms with E-state index in [-0.39, 0.29) is 34.9 Å². The number of nitrogens with one attached hydrogen (secondary N) is 1. The van der Waals surface area contributed by atoms with Crippen molar-refractivity contribution in [2.45, 2.75) is 73.1 Å². The van der Waals surface area contributed by atoms with Crippen LogP contribution in [-0.4, -0.2) is 36.0 Å². The number of allylic oxidation sites excluding steroid dienone is 4. The van der Waals surface area contributed by atoms with E-state index in [9.17, 15) is 14.4 Å². The first-order valence-corrected chi connectivity index (χ1v) is 14.6. The average Bonchev–Trinajstić information content (AvgIpc) is 2.85. The highest BCUT2D eigenvalue weighted by Crippen LogP contribution is 2.54. The summed E-state index contributed by atoms with van der Waals surface area (Å²) in [5.74, 6) is -0.226. The van der Waals surface area contributed by atoms with E-state index in [1.807, 2.05) is 45.2 Å². The van der Waals surface area contributed by atoms with Gasteiger partial charge in [-0.1, -0.05) is 57.5 Å². The lowest BCUT2D eigenvalue weighted by molar-refractivity contribution is -0.120. The molecule has 0 atom stereocenters. The Hall–Kier alpha value is -3.38. The van der Waals surface area contributed by atoms with Crippen molar-refractivity contribution < 1.29 is 19.1 Å². The molecule has 0 unspecified atom stereocenters.